The van der Waals surface area contributed by atoms with Crippen molar-refractivity contribution in [3.63, 3.8) is 0 Å². The first-order chi connectivity index (χ1) is 5.38. The van der Waals surface area contributed by atoms with Gasteiger partial charge in [0.05, 0.1) is 16.5 Å². The van der Waals surface area contributed by atoms with Gasteiger partial charge < -0.3 is 0 Å². The van der Waals surface area contributed by atoms with Gasteiger partial charge in [-0.2, -0.15) is 0 Å². The largest absolute Gasteiger partial charge is 0.245 e. The Kier molecular flexibility index (Phi) is 2.53. The molecule has 0 radical (unpaired) electrons. The number of thiazole rings is 1. The number of aromatic nitrogens is 1. The molecule has 1 heterocycles. The van der Waals surface area contributed by atoms with Crippen molar-refractivity contribution < 1.29 is 8.42 Å². The molecule has 0 aliphatic carbocycles. The van der Waals surface area contributed by atoms with E-state index in [0.717, 1.165) is 9.88 Å². The number of rotatable bonds is 2. The Labute approximate surface area is 76.4 Å². The standard InChI is InChI=1S/C7H11NO2S2/c1-5-7(4-12(3,9)10)8-6(2)11-5/h4H2,1-3H3. The van der Waals surface area contributed by atoms with Crippen LogP contribution in [0.1, 0.15) is 15.6 Å². The Bertz CT molecular complexity index is 378. The normalized spacial score (nSPS) is 11.9. The zero-order valence-corrected chi connectivity index (χ0v) is 8.92. The molecule has 3 nitrogen and oxygen atoms in total. The van der Waals surface area contributed by atoms with Crippen LogP contribution in [0.4, 0.5) is 0 Å². The number of hydrogen-bond donors (Lipinski definition) is 0. The molecule has 0 aliphatic heterocycles. The van der Waals surface area contributed by atoms with Crippen LogP contribution in [-0.2, 0) is 15.6 Å². The van der Waals surface area contributed by atoms with Gasteiger partial charge in [-0.3, -0.25) is 0 Å². The summed E-state index contributed by atoms with van der Waals surface area (Å²) in [5.74, 6) is 0.0587. The first kappa shape index (κ1) is 9.67. The second kappa shape index (κ2) is 3.14. The fraction of sp³-hybridized carbons (Fsp3) is 0.571. The van der Waals surface area contributed by atoms with Crippen molar-refractivity contribution in [1.29, 1.82) is 0 Å². The molecule has 0 unspecified atom stereocenters. The first-order valence-electron chi connectivity index (χ1n) is 3.49. The van der Waals surface area contributed by atoms with Gasteiger partial charge in [-0.1, -0.05) is 0 Å². The highest BCUT2D eigenvalue weighted by molar-refractivity contribution is 7.89. The lowest BCUT2D eigenvalue weighted by Gasteiger charge is -1.94. The smallest absolute Gasteiger partial charge is 0.153 e. The maximum absolute atomic E-state index is 10.9. The number of hydrogen-bond acceptors (Lipinski definition) is 4. The highest BCUT2D eigenvalue weighted by Gasteiger charge is 2.10. The summed E-state index contributed by atoms with van der Waals surface area (Å²) < 4.78 is 21.9. The second-order valence-corrected chi connectivity index (χ2v) is 6.35. The summed E-state index contributed by atoms with van der Waals surface area (Å²) in [6.07, 6.45) is 1.22. The number of aryl methyl sites for hydroxylation is 2. The summed E-state index contributed by atoms with van der Waals surface area (Å²) in [6, 6.07) is 0. The van der Waals surface area contributed by atoms with Crippen molar-refractivity contribution in [2.75, 3.05) is 6.26 Å². The topological polar surface area (TPSA) is 47.0 Å². The van der Waals surface area contributed by atoms with E-state index in [1.807, 2.05) is 13.8 Å². The third-order valence-corrected chi connectivity index (χ3v) is 3.12. The molecule has 5 heteroatoms. The molecule has 0 saturated heterocycles. The highest BCUT2D eigenvalue weighted by atomic mass is 32.2. The molecule has 0 amide bonds. The molecule has 68 valence electrons. The van der Waals surface area contributed by atoms with Gasteiger partial charge in [-0.25, -0.2) is 13.4 Å². The lowest BCUT2D eigenvalue weighted by Crippen LogP contribution is -2.02. The molecule has 0 fully saturated rings. The minimum Gasteiger partial charge on any atom is -0.245 e. The quantitative estimate of drug-likeness (QED) is 0.731. The Morgan fingerprint density at radius 2 is 2.00 bits per heavy atom. The zero-order chi connectivity index (χ0) is 9.35. The second-order valence-electron chi connectivity index (χ2n) is 2.81. The van der Waals surface area contributed by atoms with Crippen molar-refractivity contribution in [2.24, 2.45) is 0 Å². The fourth-order valence-corrected chi connectivity index (χ4v) is 2.66. The Morgan fingerprint density at radius 3 is 2.33 bits per heavy atom. The molecule has 0 aromatic carbocycles. The third kappa shape index (κ3) is 2.57. The van der Waals surface area contributed by atoms with E-state index >= 15 is 0 Å². The van der Waals surface area contributed by atoms with E-state index in [0.29, 0.717) is 5.69 Å². The van der Waals surface area contributed by atoms with Gasteiger partial charge in [0.1, 0.15) is 0 Å². The molecule has 0 N–H and O–H groups in total. The lowest BCUT2D eigenvalue weighted by molar-refractivity contribution is 0.600. The van der Waals surface area contributed by atoms with Crippen LogP contribution in [-0.4, -0.2) is 19.7 Å². The lowest BCUT2D eigenvalue weighted by atomic mass is 10.4. The number of sulfone groups is 1. The van der Waals surface area contributed by atoms with Crippen LogP contribution in [0.25, 0.3) is 0 Å². The average molecular weight is 205 g/mol. The van der Waals surface area contributed by atoms with E-state index in [4.69, 9.17) is 0 Å². The average Bonchev–Trinajstić information content (AvgIpc) is 2.06. The van der Waals surface area contributed by atoms with Crippen LogP contribution in [0.2, 0.25) is 0 Å². The summed E-state index contributed by atoms with van der Waals surface area (Å²) >= 11 is 1.53. The summed E-state index contributed by atoms with van der Waals surface area (Å²) in [4.78, 5) is 5.13. The van der Waals surface area contributed by atoms with Crippen molar-refractivity contribution in [3.8, 4) is 0 Å². The van der Waals surface area contributed by atoms with Crippen LogP contribution < -0.4 is 0 Å². The van der Waals surface area contributed by atoms with Gasteiger partial charge in [0, 0.05) is 11.1 Å². The van der Waals surface area contributed by atoms with Crippen LogP contribution in [0.5, 0.6) is 0 Å². The molecule has 0 bridgehead atoms. The molecular formula is C7H11NO2S2. The van der Waals surface area contributed by atoms with E-state index in [1.54, 1.807) is 0 Å². The van der Waals surface area contributed by atoms with E-state index in [2.05, 4.69) is 4.98 Å². The third-order valence-electron chi connectivity index (χ3n) is 1.40. The summed E-state index contributed by atoms with van der Waals surface area (Å²) in [6.45, 7) is 3.77. The maximum Gasteiger partial charge on any atom is 0.153 e. The molecule has 0 spiro atoms. The molecule has 12 heavy (non-hydrogen) atoms. The van der Waals surface area contributed by atoms with Gasteiger partial charge in [0.15, 0.2) is 9.84 Å². The molecule has 0 saturated carbocycles. The van der Waals surface area contributed by atoms with Crippen LogP contribution in [0.3, 0.4) is 0 Å². The fourth-order valence-electron chi connectivity index (χ4n) is 0.954. The SMILES string of the molecule is Cc1nc(CS(C)(=O)=O)c(C)s1. The molecular weight excluding hydrogens is 194 g/mol. The van der Waals surface area contributed by atoms with Crippen LogP contribution >= 0.6 is 11.3 Å². The molecule has 0 aliphatic rings. The summed E-state index contributed by atoms with van der Waals surface area (Å²) in [7, 11) is -2.94. The van der Waals surface area contributed by atoms with Crippen molar-refractivity contribution in [1.82, 2.24) is 4.98 Å². The molecule has 1 aromatic heterocycles. The first-order valence-corrected chi connectivity index (χ1v) is 6.37. The molecule has 1 rings (SSSR count). The van der Waals surface area contributed by atoms with Crippen molar-refractivity contribution in [2.45, 2.75) is 19.6 Å². The molecule has 1 aromatic rings. The zero-order valence-electron chi connectivity index (χ0n) is 7.29. The van der Waals surface area contributed by atoms with E-state index in [1.165, 1.54) is 17.6 Å². The molecule has 0 atom stereocenters. The summed E-state index contributed by atoms with van der Waals surface area (Å²) in [5.41, 5.74) is 0.694. The van der Waals surface area contributed by atoms with E-state index in [9.17, 15) is 8.42 Å². The predicted octanol–water partition coefficient (Wildman–Crippen LogP) is 1.30. The maximum atomic E-state index is 10.9. The Hall–Kier alpha value is -0.420. The van der Waals surface area contributed by atoms with Gasteiger partial charge in [0.2, 0.25) is 0 Å². The van der Waals surface area contributed by atoms with Crippen molar-refractivity contribution >= 4 is 21.2 Å². The van der Waals surface area contributed by atoms with Gasteiger partial charge >= 0.3 is 0 Å². The van der Waals surface area contributed by atoms with Crippen molar-refractivity contribution in [3.05, 3.63) is 15.6 Å². The van der Waals surface area contributed by atoms with Gasteiger partial charge in [-0.05, 0) is 13.8 Å². The minimum atomic E-state index is -2.94. The van der Waals surface area contributed by atoms with E-state index < -0.39 is 9.84 Å². The van der Waals surface area contributed by atoms with Gasteiger partial charge in [0.25, 0.3) is 0 Å². The monoisotopic (exact) mass is 205 g/mol. The Morgan fingerprint density at radius 1 is 1.42 bits per heavy atom. The minimum absolute atomic E-state index is 0.0587. The highest BCUT2D eigenvalue weighted by Crippen LogP contribution is 2.17. The predicted molar refractivity (Wildman–Crippen MR) is 50.1 cm³/mol. The Balaban J connectivity index is 2.97. The number of nitrogens with zero attached hydrogens (tertiary/aromatic N) is 1. The van der Waals surface area contributed by atoms with Crippen LogP contribution in [0, 0.1) is 13.8 Å². The van der Waals surface area contributed by atoms with Crippen LogP contribution in [0.15, 0.2) is 0 Å². The summed E-state index contributed by atoms with van der Waals surface area (Å²) in [5, 5.41) is 0.922. The van der Waals surface area contributed by atoms with Gasteiger partial charge in [-0.15, -0.1) is 11.3 Å². The van der Waals surface area contributed by atoms with E-state index in [-0.39, 0.29) is 5.75 Å².